The normalized spacial score (nSPS) is 10.0. The number of nitrogens with two attached hydrogens (primary N) is 1. The van der Waals surface area contributed by atoms with E-state index < -0.39 is 0 Å². The summed E-state index contributed by atoms with van der Waals surface area (Å²) < 4.78 is 7.30. The topological polar surface area (TPSA) is 35.2 Å². The Bertz CT molecular complexity index is 262. The molecule has 0 fully saturated rings. The lowest BCUT2D eigenvalue weighted by molar-refractivity contribution is 0.406. The van der Waals surface area contributed by atoms with Gasteiger partial charge in [-0.3, -0.25) is 0 Å². The quantitative estimate of drug-likeness (QED) is 0.839. The van der Waals surface area contributed by atoms with Crippen molar-refractivity contribution < 1.29 is 4.74 Å². The molecule has 4 heteroatoms. The zero-order valence-electron chi connectivity index (χ0n) is 6.60. The van der Waals surface area contributed by atoms with E-state index in [1.54, 1.807) is 7.11 Å². The van der Waals surface area contributed by atoms with Gasteiger partial charge < -0.3 is 10.5 Å². The van der Waals surface area contributed by atoms with Crippen LogP contribution >= 0.6 is 38.5 Å². The van der Waals surface area contributed by atoms with Crippen LogP contribution in [0.2, 0.25) is 0 Å². The lowest BCUT2D eigenvalue weighted by atomic mass is 10.2. The summed E-state index contributed by atoms with van der Waals surface area (Å²) >= 11 is 5.64. The number of rotatable bonds is 2. The highest BCUT2D eigenvalue weighted by molar-refractivity contribution is 14.1. The molecule has 0 aliphatic rings. The fourth-order valence-electron chi connectivity index (χ4n) is 0.986. The molecular formula is C8H9BrINO. The van der Waals surface area contributed by atoms with Gasteiger partial charge in [0.1, 0.15) is 5.75 Å². The molecule has 0 amide bonds. The van der Waals surface area contributed by atoms with Crippen LogP contribution in [-0.2, 0) is 6.54 Å². The molecule has 1 rings (SSSR count). The van der Waals surface area contributed by atoms with Crippen LogP contribution < -0.4 is 10.5 Å². The van der Waals surface area contributed by atoms with Gasteiger partial charge in [-0.1, -0.05) is 0 Å². The second-order valence-electron chi connectivity index (χ2n) is 2.25. The van der Waals surface area contributed by atoms with E-state index in [1.165, 1.54) is 0 Å². The summed E-state index contributed by atoms with van der Waals surface area (Å²) in [6.45, 7) is 0.501. The third-order valence-corrected chi connectivity index (χ3v) is 3.20. The minimum Gasteiger partial charge on any atom is -0.495 e. The molecule has 2 nitrogen and oxygen atoms in total. The fourth-order valence-corrected chi connectivity index (χ4v) is 2.16. The minimum absolute atomic E-state index is 0.501. The standard InChI is InChI=1S/C8H9BrINO/c1-12-8-5(4-11)7(10)3-2-6(8)9/h2-3H,4,11H2,1H3. The van der Waals surface area contributed by atoms with E-state index in [4.69, 9.17) is 10.5 Å². The Morgan fingerprint density at radius 2 is 2.25 bits per heavy atom. The largest absolute Gasteiger partial charge is 0.495 e. The SMILES string of the molecule is COc1c(Br)ccc(I)c1CN. The zero-order chi connectivity index (χ0) is 9.14. The maximum atomic E-state index is 5.59. The highest BCUT2D eigenvalue weighted by atomic mass is 127. The molecule has 0 bridgehead atoms. The summed E-state index contributed by atoms with van der Waals surface area (Å²) in [7, 11) is 1.65. The summed E-state index contributed by atoms with van der Waals surface area (Å²) in [4.78, 5) is 0. The number of ether oxygens (including phenoxy) is 1. The van der Waals surface area contributed by atoms with Gasteiger partial charge in [0.25, 0.3) is 0 Å². The van der Waals surface area contributed by atoms with Crippen LogP contribution in [0, 0.1) is 3.57 Å². The van der Waals surface area contributed by atoms with Gasteiger partial charge in [0, 0.05) is 15.7 Å². The maximum Gasteiger partial charge on any atom is 0.138 e. The van der Waals surface area contributed by atoms with Crippen molar-refractivity contribution >= 4 is 38.5 Å². The van der Waals surface area contributed by atoms with Gasteiger partial charge in [-0.2, -0.15) is 0 Å². The first-order valence-electron chi connectivity index (χ1n) is 3.41. The van der Waals surface area contributed by atoms with Crippen LogP contribution in [0.3, 0.4) is 0 Å². The minimum atomic E-state index is 0.501. The Morgan fingerprint density at radius 1 is 1.58 bits per heavy atom. The third kappa shape index (κ3) is 1.92. The average molecular weight is 342 g/mol. The van der Waals surface area contributed by atoms with Crippen molar-refractivity contribution in [2.75, 3.05) is 7.11 Å². The third-order valence-electron chi connectivity index (χ3n) is 1.56. The van der Waals surface area contributed by atoms with Gasteiger partial charge in [0.15, 0.2) is 0 Å². The molecule has 0 heterocycles. The molecule has 0 atom stereocenters. The summed E-state index contributed by atoms with van der Waals surface area (Å²) in [5.41, 5.74) is 6.64. The van der Waals surface area contributed by atoms with Gasteiger partial charge in [0.05, 0.1) is 11.6 Å². The summed E-state index contributed by atoms with van der Waals surface area (Å²) in [6.07, 6.45) is 0. The zero-order valence-corrected chi connectivity index (χ0v) is 10.3. The van der Waals surface area contributed by atoms with Crippen LogP contribution in [-0.4, -0.2) is 7.11 Å². The molecular weight excluding hydrogens is 333 g/mol. The van der Waals surface area contributed by atoms with Crippen LogP contribution in [0.1, 0.15) is 5.56 Å². The summed E-state index contributed by atoms with van der Waals surface area (Å²) in [5, 5.41) is 0. The molecule has 66 valence electrons. The van der Waals surface area contributed by atoms with E-state index in [2.05, 4.69) is 38.5 Å². The smallest absolute Gasteiger partial charge is 0.138 e. The second kappa shape index (κ2) is 4.43. The van der Waals surface area contributed by atoms with Crippen LogP contribution in [0.5, 0.6) is 5.75 Å². The summed E-state index contributed by atoms with van der Waals surface area (Å²) in [5.74, 6) is 0.837. The first-order chi connectivity index (χ1) is 5.70. The lowest BCUT2D eigenvalue weighted by Gasteiger charge is -2.10. The van der Waals surface area contributed by atoms with Gasteiger partial charge in [-0.15, -0.1) is 0 Å². The first kappa shape index (κ1) is 10.3. The van der Waals surface area contributed by atoms with E-state index in [-0.39, 0.29) is 0 Å². The van der Waals surface area contributed by atoms with E-state index in [9.17, 15) is 0 Å². The van der Waals surface area contributed by atoms with E-state index in [0.29, 0.717) is 6.54 Å². The Morgan fingerprint density at radius 3 is 2.67 bits per heavy atom. The second-order valence-corrected chi connectivity index (χ2v) is 4.26. The molecule has 1 aromatic rings. The fraction of sp³-hybridized carbons (Fsp3) is 0.250. The monoisotopic (exact) mass is 341 g/mol. The molecule has 0 saturated heterocycles. The molecule has 1 aromatic carbocycles. The van der Waals surface area contributed by atoms with E-state index in [0.717, 1.165) is 19.4 Å². The van der Waals surface area contributed by atoms with Crippen LogP contribution in [0.25, 0.3) is 0 Å². The Labute approximate surface area is 93.7 Å². The van der Waals surface area contributed by atoms with E-state index in [1.807, 2.05) is 12.1 Å². The van der Waals surface area contributed by atoms with Crippen molar-refractivity contribution in [1.82, 2.24) is 0 Å². The van der Waals surface area contributed by atoms with Crippen molar-refractivity contribution in [3.63, 3.8) is 0 Å². The summed E-state index contributed by atoms with van der Waals surface area (Å²) in [6, 6.07) is 3.97. The lowest BCUT2D eigenvalue weighted by Crippen LogP contribution is -2.02. The Hall–Kier alpha value is 0.190. The molecule has 2 N–H and O–H groups in total. The number of halogens is 2. The molecule has 0 radical (unpaired) electrons. The predicted octanol–water partition coefficient (Wildman–Crippen LogP) is 2.52. The van der Waals surface area contributed by atoms with Crippen molar-refractivity contribution in [2.24, 2.45) is 5.73 Å². The Kier molecular flexibility index (Phi) is 3.79. The van der Waals surface area contributed by atoms with Gasteiger partial charge in [-0.25, -0.2) is 0 Å². The molecule has 0 spiro atoms. The average Bonchev–Trinajstić information content (AvgIpc) is 2.08. The van der Waals surface area contributed by atoms with Gasteiger partial charge >= 0.3 is 0 Å². The number of benzene rings is 1. The van der Waals surface area contributed by atoms with Crippen molar-refractivity contribution in [1.29, 1.82) is 0 Å². The van der Waals surface area contributed by atoms with Crippen molar-refractivity contribution in [3.8, 4) is 5.75 Å². The van der Waals surface area contributed by atoms with E-state index >= 15 is 0 Å². The van der Waals surface area contributed by atoms with Crippen molar-refractivity contribution in [3.05, 3.63) is 25.7 Å². The van der Waals surface area contributed by atoms with Crippen molar-refractivity contribution in [2.45, 2.75) is 6.54 Å². The molecule has 0 aromatic heterocycles. The molecule has 0 aliphatic heterocycles. The van der Waals surface area contributed by atoms with Crippen LogP contribution in [0.4, 0.5) is 0 Å². The maximum absolute atomic E-state index is 5.59. The molecule has 0 aliphatic carbocycles. The first-order valence-corrected chi connectivity index (χ1v) is 5.28. The van der Waals surface area contributed by atoms with Crippen LogP contribution in [0.15, 0.2) is 16.6 Å². The highest BCUT2D eigenvalue weighted by Gasteiger charge is 2.08. The number of hydrogen-bond donors (Lipinski definition) is 1. The molecule has 0 saturated carbocycles. The number of hydrogen-bond acceptors (Lipinski definition) is 2. The van der Waals surface area contributed by atoms with Gasteiger partial charge in [0.2, 0.25) is 0 Å². The highest BCUT2D eigenvalue weighted by Crippen LogP contribution is 2.31. The Balaban J connectivity index is 3.28. The van der Waals surface area contributed by atoms with Gasteiger partial charge in [-0.05, 0) is 50.7 Å². The molecule has 12 heavy (non-hydrogen) atoms. The predicted molar refractivity (Wildman–Crippen MR) is 61.3 cm³/mol. The number of methoxy groups -OCH3 is 1. The molecule has 0 unspecified atom stereocenters.